The lowest BCUT2D eigenvalue weighted by atomic mass is 10.2. The summed E-state index contributed by atoms with van der Waals surface area (Å²) in [5.41, 5.74) is 0.922. The van der Waals surface area contributed by atoms with Crippen molar-refractivity contribution in [1.29, 1.82) is 0 Å². The molecule has 0 aliphatic heterocycles. The number of rotatable bonds is 2. The van der Waals surface area contributed by atoms with E-state index >= 15 is 0 Å². The monoisotopic (exact) mass is 263 g/mol. The third kappa shape index (κ3) is 8.43. The van der Waals surface area contributed by atoms with Crippen molar-refractivity contribution >= 4 is 11.6 Å². The molecule has 94 valence electrons. The van der Waals surface area contributed by atoms with Gasteiger partial charge in [-0.2, -0.15) is 4.98 Å². The van der Waals surface area contributed by atoms with Crippen molar-refractivity contribution in [2.45, 2.75) is 13.8 Å². The van der Waals surface area contributed by atoms with E-state index in [1.54, 1.807) is 18.2 Å². The summed E-state index contributed by atoms with van der Waals surface area (Å²) in [5, 5.41) is 0. The molecule has 0 saturated carbocycles. The van der Waals surface area contributed by atoms with E-state index in [0.717, 1.165) is 0 Å². The summed E-state index contributed by atoms with van der Waals surface area (Å²) >= 11 is 0. The lowest BCUT2D eigenvalue weighted by Gasteiger charge is -2.17. The number of aromatic amines is 1. The summed E-state index contributed by atoms with van der Waals surface area (Å²) in [6.07, 6.45) is 0. The van der Waals surface area contributed by atoms with Gasteiger partial charge in [0.15, 0.2) is 0 Å². The molecule has 0 aliphatic carbocycles. The lowest BCUT2D eigenvalue weighted by molar-refractivity contribution is -2.00. The second-order valence-corrected chi connectivity index (χ2v) is 3.72. The first-order chi connectivity index (χ1) is 7.61. The Hall–Kier alpha value is -1.38. The second kappa shape index (κ2) is 6.38. The van der Waals surface area contributed by atoms with Crippen molar-refractivity contribution < 1.29 is 43.5 Å². The molecular weight excluding hydrogens is 254 g/mol. The SMILES string of the molecule is CC(=O)c1cccc(C(C)=O)[nH+]1.[O-][Cl+3]([O-])([O-])[O-]. The molecule has 0 fully saturated rings. The molecular formula is C9H10ClNO6. The number of hydrogen-bond donors (Lipinski definition) is 0. The first kappa shape index (κ1) is 15.6. The molecule has 0 radical (unpaired) electrons. The molecule has 1 rings (SSSR count). The van der Waals surface area contributed by atoms with Crippen LogP contribution in [0, 0.1) is 10.2 Å². The minimum atomic E-state index is -4.94. The maximum Gasteiger partial charge on any atom is 0.247 e. The van der Waals surface area contributed by atoms with E-state index in [4.69, 9.17) is 18.6 Å². The van der Waals surface area contributed by atoms with E-state index in [2.05, 4.69) is 4.98 Å². The van der Waals surface area contributed by atoms with Crippen LogP contribution in [-0.4, -0.2) is 11.6 Å². The standard InChI is InChI=1S/C9H9NO2.ClHO4/c1-6(11)8-4-3-5-9(10-8)7(2)12;2-1(3,4)5/h3-5H,1-2H3;(H,2,3,4,5). The van der Waals surface area contributed by atoms with Crippen molar-refractivity contribution in [2.24, 2.45) is 0 Å². The summed E-state index contributed by atoms with van der Waals surface area (Å²) in [5.74, 6) is -0.142. The molecule has 0 spiro atoms. The molecule has 1 aromatic heterocycles. The van der Waals surface area contributed by atoms with Crippen LogP contribution in [0.3, 0.4) is 0 Å². The van der Waals surface area contributed by atoms with E-state index in [9.17, 15) is 9.59 Å². The number of hydrogen-bond acceptors (Lipinski definition) is 6. The Morgan fingerprint density at radius 1 is 1.00 bits per heavy atom. The fraction of sp³-hybridized carbons (Fsp3) is 0.222. The largest absolute Gasteiger partial charge is 0.288 e. The van der Waals surface area contributed by atoms with Crippen molar-refractivity contribution in [3.63, 3.8) is 0 Å². The average molecular weight is 264 g/mol. The van der Waals surface area contributed by atoms with Gasteiger partial charge in [0.25, 0.3) is 0 Å². The number of ketones is 2. The van der Waals surface area contributed by atoms with Crippen molar-refractivity contribution in [3.8, 4) is 0 Å². The van der Waals surface area contributed by atoms with Gasteiger partial charge in [-0.05, 0) is 6.07 Å². The Balaban J connectivity index is 0.000000437. The zero-order chi connectivity index (χ0) is 13.6. The molecule has 8 heteroatoms. The quantitative estimate of drug-likeness (QED) is 0.500. The number of nitrogens with one attached hydrogen (secondary N) is 1. The van der Waals surface area contributed by atoms with Crippen LogP contribution in [0.15, 0.2) is 18.2 Å². The van der Waals surface area contributed by atoms with Crippen LogP contribution in [0.1, 0.15) is 34.8 Å². The first-order valence-electron chi connectivity index (χ1n) is 4.27. The van der Waals surface area contributed by atoms with Gasteiger partial charge in [-0.1, -0.05) is 0 Å². The highest BCUT2D eigenvalue weighted by Gasteiger charge is 2.12. The topological polar surface area (TPSA) is 141 Å². The van der Waals surface area contributed by atoms with Gasteiger partial charge in [0.2, 0.25) is 23.0 Å². The molecule has 0 amide bonds. The summed E-state index contributed by atoms with van der Waals surface area (Å²) in [7, 11) is -4.94. The molecule has 7 nitrogen and oxygen atoms in total. The first-order valence-corrected chi connectivity index (χ1v) is 5.50. The predicted octanol–water partition coefficient (Wildman–Crippen LogP) is -3.85. The van der Waals surface area contributed by atoms with Crippen LogP contribution in [0.4, 0.5) is 0 Å². The van der Waals surface area contributed by atoms with Crippen LogP contribution in [-0.2, 0) is 0 Å². The highest BCUT2D eigenvalue weighted by molar-refractivity contribution is 5.93. The molecule has 0 aliphatic rings. The number of Topliss-reactive ketones (excluding diaryl/α,β-unsaturated/α-hetero) is 2. The molecule has 0 aromatic carbocycles. The summed E-state index contributed by atoms with van der Waals surface area (Å²) < 4.78 is 34.0. The van der Waals surface area contributed by atoms with Gasteiger partial charge in [0.05, 0.1) is 0 Å². The number of aromatic nitrogens is 1. The van der Waals surface area contributed by atoms with Crippen LogP contribution in [0.5, 0.6) is 0 Å². The van der Waals surface area contributed by atoms with Gasteiger partial charge in [-0.15, -0.1) is 10.2 Å². The fourth-order valence-electron chi connectivity index (χ4n) is 0.880. The van der Waals surface area contributed by atoms with Crippen molar-refractivity contribution in [3.05, 3.63) is 29.6 Å². The van der Waals surface area contributed by atoms with Gasteiger partial charge in [0, 0.05) is 26.0 Å². The van der Waals surface area contributed by atoms with Crippen LogP contribution >= 0.6 is 0 Å². The molecule has 1 heterocycles. The van der Waals surface area contributed by atoms with E-state index in [-0.39, 0.29) is 11.6 Å². The molecule has 0 bridgehead atoms. The summed E-state index contributed by atoms with van der Waals surface area (Å²) in [6.45, 7) is 2.91. The Morgan fingerprint density at radius 3 is 1.53 bits per heavy atom. The number of carbonyl (C=O) groups is 2. The number of pyridine rings is 1. The van der Waals surface area contributed by atoms with Crippen LogP contribution in [0.2, 0.25) is 0 Å². The van der Waals surface area contributed by atoms with Gasteiger partial charge < -0.3 is 0 Å². The van der Waals surface area contributed by atoms with Crippen molar-refractivity contribution in [1.82, 2.24) is 0 Å². The molecule has 1 N–H and O–H groups in total. The van der Waals surface area contributed by atoms with Gasteiger partial charge in [-0.3, -0.25) is 9.59 Å². The Kier molecular flexibility index (Phi) is 5.86. The lowest BCUT2D eigenvalue weighted by Crippen LogP contribution is -2.68. The third-order valence-corrected chi connectivity index (χ3v) is 1.55. The number of carbonyl (C=O) groups excluding carboxylic acids is 2. The number of halogens is 1. The second-order valence-electron chi connectivity index (χ2n) is 2.97. The molecule has 0 atom stereocenters. The Bertz CT molecular complexity index is 379. The van der Waals surface area contributed by atoms with E-state index in [1.807, 2.05) is 0 Å². The van der Waals surface area contributed by atoms with E-state index in [0.29, 0.717) is 11.4 Å². The molecule has 1 aromatic rings. The van der Waals surface area contributed by atoms with E-state index < -0.39 is 10.2 Å². The Labute approximate surface area is 99.1 Å². The van der Waals surface area contributed by atoms with Gasteiger partial charge in [-0.25, -0.2) is 18.6 Å². The minimum absolute atomic E-state index is 0.0712. The highest BCUT2D eigenvalue weighted by Crippen LogP contribution is 1.95. The van der Waals surface area contributed by atoms with Crippen LogP contribution in [0.25, 0.3) is 0 Å². The fourth-order valence-corrected chi connectivity index (χ4v) is 0.880. The summed E-state index contributed by atoms with van der Waals surface area (Å²) in [6, 6.07) is 4.98. The molecule has 17 heavy (non-hydrogen) atoms. The maximum absolute atomic E-state index is 10.9. The van der Waals surface area contributed by atoms with Gasteiger partial charge >= 0.3 is 0 Å². The minimum Gasteiger partial charge on any atom is -0.288 e. The third-order valence-electron chi connectivity index (χ3n) is 1.55. The Morgan fingerprint density at radius 2 is 1.29 bits per heavy atom. The molecule has 0 unspecified atom stereocenters. The van der Waals surface area contributed by atoms with E-state index in [1.165, 1.54) is 13.8 Å². The van der Waals surface area contributed by atoms with Gasteiger partial charge in [0.1, 0.15) is 0 Å². The highest BCUT2D eigenvalue weighted by atomic mass is 35.7. The van der Waals surface area contributed by atoms with Crippen molar-refractivity contribution in [2.75, 3.05) is 0 Å². The zero-order valence-electron chi connectivity index (χ0n) is 9.06. The zero-order valence-corrected chi connectivity index (χ0v) is 9.82. The normalized spacial score (nSPS) is 10.2. The number of H-pyrrole nitrogens is 1. The predicted molar refractivity (Wildman–Crippen MR) is 43.0 cm³/mol. The maximum atomic E-state index is 10.9. The average Bonchev–Trinajstić information content (AvgIpc) is 2.15. The molecule has 0 saturated heterocycles. The summed E-state index contributed by atoms with van der Waals surface area (Å²) in [4.78, 5) is 24.5. The van der Waals surface area contributed by atoms with Crippen LogP contribution < -0.4 is 23.6 Å². The smallest absolute Gasteiger partial charge is 0.247 e.